The first-order chi connectivity index (χ1) is 10.1. The van der Waals surface area contributed by atoms with Crippen LogP contribution >= 0.6 is 0 Å². The van der Waals surface area contributed by atoms with Crippen LogP contribution < -0.4 is 5.32 Å². The summed E-state index contributed by atoms with van der Waals surface area (Å²) >= 11 is 0. The van der Waals surface area contributed by atoms with Crippen molar-refractivity contribution in [1.82, 2.24) is 20.4 Å². The Bertz CT molecular complexity index is 614. The van der Waals surface area contributed by atoms with Gasteiger partial charge in [0.1, 0.15) is 0 Å². The Morgan fingerprint density at radius 3 is 2.62 bits per heavy atom. The molecule has 5 nitrogen and oxygen atoms in total. The molecular weight excluding hydrogens is 264 g/mol. The summed E-state index contributed by atoms with van der Waals surface area (Å²) in [6, 6.07) is 8.08. The molecule has 1 saturated heterocycles. The van der Waals surface area contributed by atoms with Crippen LogP contribution in [0.15, 0.2) is 28.8 Å². The lowest BCUT2D eigenvalue weighted by atomic mass is 10.0. The van der Waals surface area contributed by atoms with E-state index in [2.05, 4.69) is 47.2 Å². The van der Waals surface area contributed by atoms with Crippen molar-refractivity contribution in [3.63, 3.8) is 0 Å². The van der Waals surface area contributed by atoms with Crippen LogP contribution in [0, 0.1) is 6.92 Å². The summed E-state index contributed by atoms with van der Waals surface area (Å²) in [6.07, 6.45) is 0. The summed E-state index contributed by atoms with van der Waals surface area (Å²) in [5.41, 5.74) is 1.94. The van der Waals surface area contributed by atoms with E-state index >= 15 is 0 Å². The van der Waals surface area contributed by atoms with E-state index in [-0.39, 0.29) is 5.54 Å². The molecule has 0 radical (unpaired) electrons. The van der Waals surface area contributed by atoms with E-state index in [1.54, 1.807) is 0 Å². The number of nitrogens with zero attached hydrogens (tertiary/aromatic N) is 3. The Kier molecular flexibility index (Phi) is 3.78. The smallest absolute Gasteiger partial charge is 0.258 e. The topological polar surface area (TPSA) is 54.2 Å². The number of benzene rings is 1. The monoisotopic (exact) mass is 286 g/mol. The van der Waals surface area contributed by atoms with Crippen LogP contribution in [0.2, 0.25) is 0 Å². The van der Waals surface area contributed by atoms with Crippen molar-refractivity contribution >= 4 is 0 Å². The van der Waals surface area contributed by atoms with Gasteiger partial charge in [-0.3, -0.25) is 4.90 Å². The largest absolute Gasteiger partial charge is 0.334 e. The molecule has 1 N–H and O–H groups in total. The van der Waals surface area contributed by atoms with Crippen molar-refractivity contribution in [2.45, 2.75) is 26.3 Å². The molecule has 1 aliphatic heterocycles. The van der Waals surface area contributed by atoms with Gasteiger partial charge in [0.2, 0.25) is 0 Å². The summed E-state index contributed by atoms with van der Waals surface area (Å²) in [6.45, 7) is 10.4. The molecule has 0 amide bonds. The Balaban J connectivity index is 1.89. The zero-order valence-electron chi connectivity index (χ0n) is 12.9. The van der Waals surface area contributed by atoms with Crippen LogP contribution in [0.3, 0.4) is 0 Å². The maximum Gasteiger partial charge on any atom is 0.258 e. The number of nitrogens with one attached hydrogen (secondary N) is 1. The van der Waals surface area contributed by atoms with Crippen molar-refractivity contribution in [1.29, 1.82) is 0 Å². The Morgan fingerprint density at radius 1 is 1.19 bits per heavy atom. The predicted octanol–water partition coefficient (Wildman–Crippen LogP) is 2.19. The molecule has 112 valence electrons. The highest BCUT2D eigenvalue weighted by Crippen LogP contribution is 2.28. The molecule has 1 aliphatic rings. The highest BCUT2D eigenvalue weighted by Gasteiger charge is 2.34. The van der Waals surface area contributed by atoms with Gasteiger partial charge in [0.05, 0.1) is 5.54 Å². The van der Waals surface area contributed by atoms with E-state index in [4.69, 9.17) is 4.52 Å². The average Bonchev–Trinajstić information content (AvgIpc) is 2.99. The van der Waals surface area contributed by atoms with Gasteiger partial charge in [0, 0.05) is 31.7 Å². The van der Waals surface area contributed by atoms with Gasteiger partial charge in [-0.2, -0.15) is 4.98 Å². The molecule has 1 aromatic heterocycles. The Hall–Kier alpha value is -1.72. The molecule has 1 fully saturated rings. The standard InChI is InChI=1S/C16H22N4O/c1-12-6-4-5-7-13(12)14-18-15(19-21-14)16(2,3)20-10-8-17-9-11-20/h4-7,17H,8-11H2,1-3H3. The minimum atomic E-state index is -0.216. The molecular formula is C16H22N4O. The molecule has 2 heterocycles. The van der Waals surface area contributed by atoms with Crippen LogP contribution in [0.4, 0.5) is 0 Å². The molecule has 3 rings (SSSR count). The van der Waals surface area contributed by atoms with E-state index in [1.807, 2.05) is 18.2 Å². The lowest BCUT2D eigenvalue weighted by molar-refractivity contribution is 0.0925. The van der Waals surface area contributed by atoms with Crippen molar-refractivity contribution < 1.29 is 4.52 Å². The normalized spacial score (nSPS) is 17.1. The minimum Gasteiger partial charge on any atom is -0.334 e. The number of rotatable bonds is 3. The SMILES string of the molecule is Cc1ccccc1-c1nc(C(C)(C)N2CCNCC2)no1. The number of aromatic nitrogens is 2. The van der Waals surface area contributed by atoms with E-state index < -0.39 is 0 Å². The lowest BCUT2D eigenvalue weighted by Gasteiger charge is -2.38. The van der Waals surface area contributed by atoms with Gasteiger partial charge in [0.15, 0.2) is 5.82 Å². The third-order valence-electron chi connectivity index (χ3n) is 4.26. The molecule has 5 heteroatoms. The fourth-order valence-electron chi connectivity index (χ4n) is 2.76. The third-order valence-corrected chi connectivity index (χ3v) is 4.26. The molecule has 1 aromatic carbocycles. The number of piperazine rings is 1. The third kappa shape index (κ3) is 2.71. The van der Waals surface area contributed by atoms with Gasteiger partial charge >= 0.3 is 0 Å². The quantitative estimate of drug-likeness (QED) is 0.937. The Labute approximate surface area is 125 Å². The van der Waals surface area contributed by atoms with Crippen molar-refractivity contribution in [2.75, 3.05) is 26.2 Å². The van der Waals surface area contributed by atoms with Gasteiger partial charge in [-0.1, -0.05) is 23.4 Å². The first-order valence-corrected chi connectivity index (χ1v) is 7.45. The Morgan fingerprint density at radius 2 is 1.90 bits per heavy atom. The van der Waals surface area contributed by atoms with Crippen molar-refractivity contribution in [3.05, 3.63) is 35.7 Å². The first kappa shape index (κ1) is 14.2. The maximum atomic E-state index is 5.51. The van der Waals surface area contributed by atoms with Crippen LogP contribution in [-0.4, -0.2) is 41.2 Å². The molecule has 21 heavy (non-hydrogen) atoms. The fourth-order valence-corrected chi connectivity index (χ4v) is 2.76. The molecule has 0 atom stereocenters. The van der Waals surface area contributed by atoms with E-state index in [0.29, 0.717) is 5.89 Å². The first-order valence-electron chi connectivity index (χ1n) is 7.45. The van der Waals surface area contributed by atoms with E-state index in [0.717, 1.165) is 43.1 Å². The summed E-state index contributed by atoms with van der Waals surface area (Å²) < 4.78 is 5.51. The van der Waals surface area contributed by atoms with Gasteiger partial charge in [-0.15, -0.1) is 0 Å². The van der Waals surface area contributed by atoms with Crippen LogP contribution in [0.25, 0.3) is 11.5 Å². The summed E-state index contributed by atoms with van der Waals surface area (Å²) in [4.78, 5) is 7.05. The second kappa shape index (κ2) is 5.58. The molecule has 0 unspecified atom stereocenters. The molecule has 0 bridgehead atoms. The molecule has 0 aliphatic carbocycles. The van der Waals surface area contributed by atoms with Crippen LogP contribution in [0.5, 0.6) is 0 Å². The summed E-state index contributed by atoms with van der Waals surface area (Å²) in [7, 11) is 0. The van der Waals surface area contributed by atoms with Gasteiger partial charge in [-0.05, 0) is 32.4 Å². The van der Waals surface area contributed by atoms with Gasteiger partial charge in [-0.25, -0.2) is 0 Å². The zero-order valence-corrected chi connectivity index (χ0v) is 12.9. The van der Waals surface area contributed by atoms with Crippen LogP contribution in [-0.2, 0) is 5.54 Å². The highest BCUT2D eigenvalue weighted by molar-refractivity contribution is 5.57. The van der Waals surface area contributed by atoms with Crippen molar-refractivity contribution in [3.8, 4) is 11.5 Å². The van der Waals surface area contributed by atoms with E-state index in [1.165, 1.54) is 0 Å². The van der Waals surface area contributed by atoms with E-state index in [9.17, 15) is 0 Å². The molecule has 2 aromatic rings. The lowest BCUT2D eigenvalue weighted by Crippen LogP contribution is -2.52. The van der Waals surface area contributed by atoms with Gasteiger partial charge < -0.3 is 9.84 Å². The van der Waals surface area contributed by atoms with Crippen molar-refractivity contribution in [2.24, 2.45) is 0 Å². The number of hydrogen-bond donors (Lipinski definition) is 1. The second-order valence-electron chi connectivity index (χ2n) is 6.03. The molecule has 0 spiro atoms. The fraction of sp³-hybridized carbons (Fsp3) is 0.500. The van der Waals surface area contributed by atoms with Gasteiger partial charge in [0.25, 0.3) is 5.89 Å². The summed E-state index contributed by atoms with van der Waals surface area (Å²) in [5.74, 6) is 1.36. The zero-order chi connectivity index (χ0) is 14.9. The highest BCUT2D eigenvalue weighted by atomic mass is 16.5. The predicted molar refractivity (Wildman–Crippen MR) is 81.9 cm³/mol. The number of aryl methyl sites for hydroxylation is 1. The van der Waals surface area contributed by atoms with Crippen LogP contribution in [0.1, 0.15) is 25.2 Å². The average molecular weight is 286 g/mol. The molecule has 0 saturated carbocycles. The summed E-state index contributed by atoms with van der Waals surface area (Å²) in [5, 5.41) is 7.60. The maximum absolute atomic E-state index is 5.51. The minimum absolute atomic E-state index is 0.216. The number of hydrogen-bond acceptors (Lipinski definition) is 5. The second-order valence-corrected chi connectivity index (χ2v) is 6.03.